The highest BCUT2D eigenvalue weighted by atomic mass is 16.5. The Hall–Kier alpha value is -2.17. The third-order valence-electron chi connectivity index (χ3n) is 3.37. The third kappa shape index (κ3) is 3.93. The van der Waals surface area contributed by atoms with Gasteiger partial charge in [-0.25, -0.2) is 4.79 Å². The standard InChI is InChI=1S/C17H22N2O3/c1-11(2)16-15(13(4)19-22-16)17(20)21-10-6-9-14-8-5-7-12(3)18-14/h5,7-8,11H,6,9-10H2,1-4H3. The third-order valence-corrected chi connectivity index (χ3v) is 3.37. The smallest absolute Gasteiger partial charge is 0.343 e. The topological polar surface area (TPSA) is 65.2 Å². The molecule has 2 aromatic heterocycles. The molecule has 0 unspecified atom stereocenters. The molecule has 0 fully saturated rings. The summed E-state index contributed by atoms with van der Waals surface area (Å²) in [5, 5.41) is 3.86. The first-order chi connectivity index (χ1) is 10.5. The van der Waals surface area contributed by atoms with Crippen molar-refractivity contribution < 1.29 is 14.1 Å². The van der Waals surface area contributed by atoms with E-state index in [-0.39, 0.29) is 11.9 Å². The molecule has 0 atom stereocenters. The SMILES string of the molecule is Cc1cccc(CCCOC(=O)c2c(C)noc2C(C)C)n1. The van der Waals surface area contributed by atoms with E-state index in [1.165, 1.54) is 0 Å². The van der Waals surface area contributed by atoms with Crippen LogP contribution < -0.4 is 0 Å². The maximum Gasteiger partial charge on any atom is 0.343 e. The van der Waals surface area contributed by atoms with Crippen LogP contribution in [-0.2, 0) is 11.2 Å². The van der Waals surface area contributed by atoms with E-state index in [4.69, 9.17) is 9.26 Å². The Morgan fingerprint density at radius 2 is 2.09 bits per heavy atom. The molecular formula is C17H22N2O3. The van der Waals surface area contributed by atoms with Gasteiger partial charge in [0.25, 0.3) is 0 Å². The molecular weight excluding hydrogens is 280 g/mol. The zero-order valence-electron chi connectivity index (χ0n) is 13.5. The van der Waals surface area contributed by atoms with Crippen molar-refractivity contribution in [2.45, 2.75) is 46.5 Å². The van der Waals surface area contributed by atoms with Gasteiger partial charge in [0.2, 0.25) is 0 Å². The lowest BCUT2D eigenvalue weighted by Crippen LogP contribution is -2.10. The lowest BCUT2D eigenvalue weighted by Gasteiger charge is -2.07. The van der Waals surface area contributed by atoms with Crippen LogP contribution in [0.4, 0.5) is 0 Å². The van der Waals surface area contributed by atoms with E-state index in [0.717, 1.165) is 24.2 Å². The van der Waals surface area contributed by atoms with Crippen LogP contribution in [0.2, 0.25) is 0 Å². The second-order valence-corrected chi connectivity index (χ2v) is 5.67. The van der Waals surface area contributed by atoms with Crippen molar-refractivity contribution in [3.63, 3.8) is 0 Å². The summed E-state index contributed by atoms with van der Waals surface area (Å²) in [6, 6.07) is 5.93. The first kappa shape index (κ1) is 16.2. The molecule has 0 spiro atoms. The van der Waals surface area contributed by atoms with E-state index in [1.54, 1.807) is 6.92 Å². The Balaban J connectivity index is 1.87. The minimum Gasteiger partial charge on any atom is -0.462 e. The van der Waals surface area contributed by atoms with Gasteiger partial charge in [-0.1, -0.05) is 25.1 Å². The molecule has 0 N–H and O–H groups in total. The molecule has 22 heavy (non-hydrogen) atoms. The van der Waals surface area contributed by atoms with Gasteiger partial charge < -0.3 is 9.26 Å². The Morgan fingerprint density at radius 3 is 2.77 bits per heavy atom. The molecule has 2 aromatic rings. The molecule has 0 amide bonds. The molecule has 0 radical (unpaired) electrons. The summed E-state index contributed by atoms with van der Waals surface area (Å²) in [7, 11) is 0. The van der Waals surface area contributed by atoms with E-state index in [1.807, 2.05) is 39.0 Å². The average Bonchev–Trinajstić information content (AvgIpc) is 2.85. The summed E-state index contributed by atoms with van der Waals surface area (Å²) in [4.78, 5) is 16.6. The molecule has 5 nitrogen and oxygen atoms in total. The van der Waals surface area contributed by atoms with Gasteiger partial charge in [-0.15, -0.1) is 0 Å². The highest BCUT2D eigenvalue weighted by molar-refractivity contribution is 5.91. The number of aryl methyl sites for hydroxylation is 3. The molecule has 0 saturated carbocycles. The van der Waals surface area contributed by atoms with Gasteiger partial charge >= 0.3 is 5.97 Å². The van der Waals surface area contributed by atoms with Crippen LogP contribution in [0, 0.1) is 13.8 Å². The van der Waals surface area contributed by atoms with E-state index < -0.39 is 0 Å². The normalized spacial score (nSPS) is 11.0. The molecule has 5 heteroatoms. The second kappa shape index (κ2) is 7.20. The average molecular weight is 302 g/mol. The van der Waals surface area contributed by atoms with Crippen LogP contribution >= 0.6 is 0 Å². The Labute approximate surface area is 130 Å². The zero-order chi connectivity index (χ0) is 16.1. The minimum atomic E-state index is -0.361. The minimum absolute atomic E-state index is 0.0974. The van der Waals surface area contributed by atoms with Crippen LogP contribution in [0.1, 0.15) is 59.4 Å². The van der Waals surface area contributed by atoms with Crippen LogP contribution in [-0.4, -0.2) is 22.7 Å². The van der Waals surface area contributed by atoms with Gasteiger partial charge in [-0.3, -0.25) is 4.98 Å². The van der Waals surface area contributed by atoms with Gasteiger partial charge in [0.15, 0.2) is 5.76 Å². The molecule has 2 heterocycles. The molecule has 0 saturated heterocycles. The molecule has 0 aliphatic carbocycles. The van der Waals surface area contributed by atoms with Gasteiger partial charge in [-0.05, 0) is 38.8 Å². The Morgan fingerprint density at radius 1 is 1.32 bits per heavy atom. The number of hydrogen-bond donors (Lipinski definition) is 0. The van der Waals surface area contributed by atoms with Crippen LogP contribution in [0.3, 0.4) is 0 Å². The molecule has 0 bridgehead atoms. The fourth-order valence-corrected chi connectivity index (χ4v) is 2.26. The van der Waals surface area contributed by atoms with Crippen molar-refractivity contribution in [2.24, 2.45) is 0 Å². The van der Waals surface area contributed by atoms with Crippen LogP contribution in [0.15, 0.2) is 22.7 Å². The van der Waals surface area contributed by atoms with E-state index in [2.05, 4.69) is 10.1 Å². The number of hydrogen-bond acceptors (Lipinski definition) is 5. The van der Waals surface area contributed by atoms with Crippen molar-refractivity contribution in [3.05, 3.63) is 46.6 Å². The van der Waals surface area contributed by atoms with Crippen molar-refractivity contribution >= 4 is 5.97 Å². The second-order valence-electron chi connectivity index (χ2n) is 5.67. The zero-order valence-corrected chi connectivity index (χ0v) is 13.5. The number of ether oxygens (including phenoxy) is 1. The van der Waals surface area contributed by atoms with Crippen LogP contribution in [0.5, 0.6) is 0 Å². The van der Waals surface area contributed by atoms with Crippen molar-refractivity contribution in [3.8, 4) is 0 Å². The Bertz CT molecular complexity index is 647. The predicted octanol–water partition coefficient (Wildman–Crippen LogP) is 3.60. The van der Waals surface area contributed by atoms with Gasteiger partial charge in [-0.2, -0.15) is 0 Å². The number of aromatic nitrogens is 2. The van der Waals surface area contributed by atoms with Crippen LogP contribution in [0.25, 0.3) is 0 Å². The van der Waals surface area contributed by atoms with E-state index in [9.17, 15) is 4.79 Å². The van der Waals surface area contributed by atoms with E-state index in [0.29, 0.717) is 23.6 Å². The molecule has 2 rings (SSSR count). The fourth-order valence-electron chi connectivity index (χ4n) is 2.26. The first-order valence-corrected chi connectivity index (χ1v) is 7.55. The number of nitrogens with zero attached hydrogens (tertiary/aromatic N) is 2. The molecule has 0 aliphatic heterocycles. The summed E-state index contributed by atoms with van der Waals surface area (Å²) in [6.07, 6.45) is 1.53. The quantitative estimate of drug-likeness (QED) is 0.602. The van der Waals surface area contributed by atoms with Crippen molar-refractivity contribution in [2.75, 3.05) is 6.61 Å². The van der Waals surface area contributed by atoms with Crippen molar-refractivity contribution in [1.29, 1.82) is 0 Å². The number of carbonyl (C=O) groups excluding carboxylic acids is 1. The maximum absolute atomic E-state index is 12.2. The summed E-state index contributed by atoms with van der Waals surface area (Å²) in [6.45, 7) is 7.99. The van der Waals surface area contributed by atoms with Gasteiger partial charge in [0.1, 0.15) is 5.56 Å². The molecule has 0 aromatic carbocycles. The lowest BCUT2D eigenvalue weighted by molar-refractivity contribution is 0.0496. The van der Waals surface area contributed by atoms with Crippen molar-refractivity contribution in [1.82, 2.24) is 10.1 Å². The number of esters is 1. The number of carbonyl (C=O) groups is 1. The van der Waals surface area contributed by atoms with Gasteiger partial charge in [0, 0.05) is 17.3 Å². The lowest BCUT2D eigenvalue weighted by atomic mass is 10.1. The number of rotatable bonds is 6. The predicted molar refractivity (Wildman–Crippen MR) is 82.9 cm³/mol. The summed E-state index contributed by atoms with van der Waals surface area (Å²) in [5.41, 5.74) is 3.05. The summed E-state index contributed by atoms with van der Waals surface area (Å²) < 4.78 is 10.5. The monoisotopic (exact) mass is 302 g/mol. The van der Waals surface area contributed by atoms with Gasteiger partial charge in [0.05, 0.1) is 12.3 Å². The highest BCUT2D eigenvalue weighted by Gasteiger charge is 2.23. The highest BCUT2D eigenvalue weighted by Crippen LogP contribution is 2.23. The summed E-state index contributed by atoms with van der Waals surface area (Å²) in [5.74, 6) is 0.322. The first-order valence-electron chi connectivity index (χ1n) is 7.55. The maximum atomic E-state index is 12.2. The molecule has 118 valence electrons. The summed E-state index contributed by atoms with van der Waals surface area (Å²) >= 11 is 0. The Kier molecular flexibility index (Phi) is 5.31. The number of pyridine rings is 1. The van der Waals surface area contributed by atoms with E-state index >= 15 is 0 Å². The fraction of sp³-hybridized carbons (Fsp3) is 0.471. The largest absolute Gasteiger partial charge is 0.462 e. The molecule has 0 aliphatic rings.